The highest BCUT2D eigenvalue weighted by molar-refractivity contribution is 5.49. The molecule has 2 aromatic rings. The first kappa shape index (κ1) is 13.1. The lowest BCUT2D eigenvalue weighted by molar-refractivity contribution is 0.351. The van der Waals surface area contributed by atoms with Crippen molar-refractivity contribution in [3.63, 3.8) is 0 Å². The number of ether oxygens (including phenoxy) is 3. The molecule has 0 aromatic carbocycles. The van der Waals surface area contributed by atoms with Crippen molar-refractivity contribution in [2.24, 2.45) is 0 Å². The molecule has 0 aliphatic heterocycles. The van der Waals surface area contributed by atoms with Gasteiger partial charge in [-0.05, 0) is 13.8 Å². The van der Waals surface area contributed by atoms with Gasteiger partial charge in [-0.3, -0.25) is 9.97 Å². The van der Waals surface area contributed by atoms with Crippen molar-refractivity contribution in [2.75, 3.05) is 14.2 Å². The maximum absolute atomic E-state index is 5.85. The van der Waals surface area contributed by atoms with E-state index in [4.69, 9.17) is 14.2 Å². The van der Waals surface area contributed by atoms with Crippen molar-refractivity contribution in [1.29, 1.82) is 0 Å². The number of hydrogen-bond donors (Lipinski definition) is 0. The molecule has 0 aliphatic rings. The van der Waals surface area contributed by atoms with Gasteiger partial charge in [0.2, 0.25) is 0 Å². The normalized spacial score (nSPS) is 10.1. The first-order chi connectivity index (χ1) is 9.17. The summed E-state index contributed by atoms with van der Waals surface area (Å²) in [4.78, 5) is 8.33. The molecule has 0 saturated heterocycles. The fourth-order valence-electron chi connectivity index (χ4n) is 1.83. The number of aryl methyl sites for hydroxylation is 2. The van der Waals surface area contributed by atoms with Crippen LogP contribution in [-0.2, 0) is 0 Å². The summed E-state index contributed by atoms with van der Waals surface area (Å²) < 4.78 is 16.5. The molecule has 5 nitrogen and oxygen atoms in total. The van der Waals surface area contributed by atoms with Gasteiger partial charge >= 0.3 is 0 Å². The Kier molecular flexibility index (Phi) is 3.85. The minimum Gasteiger partial charge on any atom is -0.491 e. The van der Waals surface area contributed by atoms with E-state index in [9.17, 15) is 0 Å². The van der Waals surface area contributed by atoms with E-state index in [1.165, 1.54) is 0 Å². The third kappa shape index (κ3) is 2.59. The molecule has 0 fully saturated rings. The van der Waals surface area contributed by atoms with E-state index in [0.29, 0.717) is 23.0 Å². The largest absolute Gasteiger partial charge is 0.491 e. The van der Waals surface area contributed by atoms with Crippen molar-refractivity contribution >= 4 is 0 Å². The van der Waals surface area contributed by atoms with E-state index in [2.05, 4.69) is 9.97 Å². The third-order valence-corrected chi connectivity index (χ3v) is 2.72. The molecule has 100 valence electrons. The third-order valence-electron chi connectivity index (χ3n) is 2.72. The number of methoxy groups -OCH3 is 2. The van der Waals surface area contributed by atoms with Gasteiger partial charge in [0.25, 0.3) is 0 Å². The predicted octanol–water partition coefficient (Wildman–Crippen LogP) is 2.90. The van der Waals surface area contributed by atoms with Crippen LogP contribution in [0.25, 0.3) is 0 Å². The summed E-state index contributed by atoms with van der Waals surface area (Å²) in [6.07, 6.45) is 3.35. The summed E-state index contributed by atoms with van der Waals surface area (Å²) >= 11 is 0. The molecular weight excluding hydrogens is 244 g/mol. The zero-order valence-electron chi connectivity index (χ0n) is 11.4. The first-order valence-electron chi connectivity index (χ1n) is 5.84. The Bertz CT molecular complexity index is 533. The Labute approximate surface area is 112 Å². The van der Waals surface area contributed by atoms with Gasteiger partial charge < -0.3 is 14.2 Å². The molecule has 2 heterocycles. The molecule has 19 heavy (non-hydrogen) atoms. The fraction of sp³-hybridized carbons (Fsp3) is 0.286. The van der Waals surface area contributed by atoms with Gasteiger partial charge in [-0.25, -0.2) is 0 Å². The molecule has 0 aliphatic carbocycles. The fourth-order valence-corrected chi connectivity index (χ4v) is 1.83. The topological polar surface area (TPSA) is 53.5 Å². The number of nitrogens with zero attached hydrogens (tertiary/aromatic N) is 2. The van der Waals surface area contributed by atoms with Gasteiger partial charge in [-0.15, -0.1) is 0 Å². The van der Waals surface area contributed by atoms with Crippen LogP contribution in [0, 0.1) is 13.8 Å². The molecular formula is C14H16N2O3. The van der Waals surface area contributed by atoms with Crippen LogP contribution in [0.5, 0.6) is 23.0 Å². The highest BCUT2D eigenvalue weighted by atomic mass is 16.5. The van der Waals surface area contributed by atoms with Crippen molar-refractivity contribution in [3.8, 4) is 23.0 Å². The van der Waals surface area contributed by atoms with Crippen molar-refractivity contribution in [2.45, 2.75) is 13.8 Å². The second-order valence-electron chi connectivity index (χ2n) is 3.96. The quantitative estimate of drug-likeness (QED) is 0.846. The maximum atomic E-state index is 5.85. The zero-order valence-corrected chi connectivity index (χ0v) is 11.4. The van der Waals surface area contributed by atoms with Crippen molar-refractivity contribution in [3.05, 3.63) is 35.9 Å². The molecule has 5 heteroatoms. The molecule has 0 spiro atoms. The number of pyridine rings is 2. The van der Waals surface area contributed by atoms with E-state index in [0.717, 1.165) is 11.4 Å². The standard InChI is InChI=1S/C14H16N2O3/c1-9-13(17-3)11(5-7-15-9)19-12-6-8-16-10(2)14(12)18-4/h5-8H,1-4H3. The average molecular weight is 260 g/mol. The molecule has 0 radical (unpaired) electrons. The molecule has 0 atom stereocenters. The van der Waals surface area contributed by atoms with Gasteiger partial charge in [0, 0.05) is 24.5 Å². The summed E-state index contributed by atoms with van der Waals surface area (Å²) in [7, 11) is 3.18. The highest BCUT2D eigenvalue weighted by Crippen LogP contribution is 2.37. The lowest BCUT2D eigenvalue weighted by atomic mass is 10.3. The molecule has 0 bridgehead atoms. The van der Waals surface area contributed by atoms with E-state index < -0.39 is 0 Å². The van der Waals surface area contributed by atoms with Crippen LogP contribution in [0.2, 0.25) is 0 Å². The van der Waals surface area contributed by atoms with Gasteiger partial charge in [-0.1, -0.05) is 0 Å². The summed E-state index contributed by atoms with van der Waals surface area (Å²) in [5.41, 5.74) is 1.54. The molecule has 2 aromatic heterocycles. The van der Waals surface area contributed by atoms with E-state index in [-0.39, 0.29) is 0 Å². The van der Waals surface area contributed by atoms with Gasteiger partial charge in [-0.2, -0.15) is 0 Å². The molecule has 0 unspecified atom stereocenters. The van der Waals surface area contributed by atoms with E-state index in [1.54, 1.807) is 38.7 Å². The van der Waals surface area contributed by atoms with Crippen molar-refractivity contribution in [1.82, 2.24) is 9.97 Å². The predicted molar refractivity (Wildman–Crippen MR) is 71.1 cm³/mol. The Morgan fingerprint density at radius 1 is 0.789 bits per heavy atom. The van der Waals surface area contributed by atoms with Crippen LogP contribution in [0.15, 0.2) is 24.5 Å². The minimum atomic E-state index is 0.596. The van der Waals surface area contributed by atoms with Crippen molar-refractivity contribution < 1.29 is 14.2 Å². The summed E-state index contributed by atoms with van der Waals surface area (Å²) in [5, 5.41) is 0. The first-order valence-corrected chi connectivity index (χ1v) is 5.84. The van der Waals surface area contributed by atoms with Gasteiger partial charge in [0.05, 0.1) is 25.6 Å². The van der Waals surface area contributed by atoms with Gasteiger partial charge in [0.15, 0.2) is 23.0 Å². The summed E-state index contributed by atoms with van der Waals surface area (Å²) in [6.45, 7) is 3.72. The molecule has 0 saturated carbocycles. The minimum absolute atomic E-state index is 0.596. The van der Waals surface area contributed by atoms with Crippen LogP contribution >= 0.6 is 0 Å². The van der Waals surface area contributed by atoms with Gasteiger partial charge in [0.1, 0.15) is 0 Å². The lowest BCUT2D eigenvalue weighted by Crippen LogP contribution is -1.98. The molecule has 0 amide bonds. The lowest BCUT2D eigenvalue weighted by Gasteiger charge is -2.14. The Balaban J connectivity index is 2.42. The Morgan fingerprint density at radius 3 is 1.58 bits per heavy atom. The smallest absolute Gasteiger partial charge is 0.182 e. The summed E-state index contributed by atoms with van der Waals surface area (Å²) in [6, 6.07) is 3.50. The maximum Gasteiger partial charge on any atom is 0.182 e. The molecule has 0 N–H and O–H groups in total. The Morgan fingerprint density at radius 2 is 1.21 bits per heavy atom. The second kappa shape index (κ2) is 5.56. The van der Waals surface area contributed by atoms with Crippen LogP contribution in [-0.4, -0.2) is 24.2 Å². The number of aromatic nitrogens is 2. The number of rotatable bonds is 4. The van der Waals surface area contributed by atoms with E-state index >= 15 is 0 Å². The molecule has 2 rings (SSSR count). The highest BCUT2D eigenvalue weighted by Gasteiger charge is 2.13. The van der Waals surface area contributed by atoms with Crippen LogP contribution in [0.1, 0.15) is 11.4 Å². The number of hydrogen-bond acceptors (Lipinski definition) is 5. The van der Waals surface area contributed by atoms with E-state index in [1.807, 2.05) is 13.8 Å². The monoisotopic (exact) mass is 260 g/mol. The average Bonchev–Trinajstić information content (AvgIpc) is 2.39. The summed E-state index contributed by atoms with van der Waals surface area (Å²) in [5.74, 6) is 2.41. The zero-order chi connectivity index (χ0) is 13.8. The van der Waals surface area contributed by atoms with Crippen LogP contribution < -0.4 is 14.2 Å². The van der Waals surface area contributed by atoms with Crippen LogP contribution in [0.3, 0.4) is 0 Å². The SMILES string of the molecule is COc1c(Oc2ccnc(C)c2OC)ccnc1C. The van der Waals surface area contributed by atoms with Crippen LogP contribution in [0.4, 0.5) is 0 Å². The Hall–Kier alpha value is -2.30. The second-order valence-corrected chi connectivity index (χ2v) is 3.96.